The Morgan fingerprint density at radius 3 is 2.51 bits per heavy atom. The fraction of sp³-hybridized carbons (Fsp3) is 0.357. The lowest BCUT2D eigenvalue weighted by molar-refractivity contribution is 0.0709. The van der Waals surface area contributed by atoms with E-state index in [0.29, 0.717) is 11.1 Å². The third kappa shape index (κ3) is 5.55. The first-order valence-electron chi connectivity index (χ1n) is 12.5. The number of carbonyl (C=O) groups is 1. The zero-order valence-electron chi connectivity index (χ0n) is 20.4. The summed E-state index contributed by atoms with van der Waals surface area (Å²) >= 11 is 5.90. The zero-order valence-corrected chi connectivity index (χ0v) is 21.2. The molecule has 2 saturated heterocycles. The quantitative estimate of drug-likeness (QED) is 0.409. The van der Waals surface area contributed by atoms with E-state index in [1.807, 2.05) is 29.2 Å². The van der Waals surface area contributed by atoms with Crippen LogP contribution in [0, 0.1) is 11.6 Å². The van der Waals surface area contributed by atoms with Crippen molar-refractivity contribution < 1.29 is 18.3 Å². The number of pyridine rings is 1. The van der Waals surface area contributed by atoms with Crippen LogP contribution in [0.15, 0.2) is 48.7 Å². The van der Waals surface area contributed by atoms with Gasteiger partial charge < -0.3 is 20.3 Å². The molecule has 1 atom stereocenters. The molecule has 194 valence electrons. The van der Waals surface area contributed by atoms with E-state index < -0.39 is 11.6 Å². The van der Waals surface area contributed by atoms with Crippen molar-refractivity contribution in [3.8, 4) is 16.9 Å². The van der Waals surface area contributed by atoms with Crippen LogP contribution in [0.3, 0.4) is 0 Å². The number of amides is 1. The number of likely N-dealkylation sites (tertiary alicyclic amines) is 2. The van der Waals surface area contributed by atoms with Crippen LogP contribution in [0.25, 0.3) is 11.1 Å². The van der Waals surface area contributed by atoms with Crippen LogP contribution >= 0.6 is 11.6 Å². The van der Waals surface area contributed by atoms with E-state index in [9.17, 15) is 13.6 Å². The molecule has 2 N–H and O–H groups in total. The topological polar surface area (TPSA) is 71.7 Å². The van der Waals surface area contributed by atoms with E-state index in [4.69, 9.17) is 22.1 Å². The smallest absolute Gasteiger partial charge is 0.254 e. The Morgan fingerprint density at radius 2 is 1.76 bits per heavy atom. The highest BCUT2D eigenvalue weighted by Gasteiger charge is 2.31. The van der Waals surface area contributed by atoms with Gasteiger partial charge in [0.2, 0.25) is 0 Å². The molecule has 1 amide bonds. The van der Waals surface area contributed by atoms with Gasteiger partial charge in [-0.2, -0.15) is 0 Å². The molecule has 0 bridgehead atoms. The Morgan fingerprint density at radius 1 is 1.03 bits per heavy atom. The second-order valence-corrected chi connectivity index (χ2v) is 9.98. The van der Waals surface area contributed by atoms with Gasteiger partial charge in [0.05, 0.1) is 5.02 Å². The molecule has 2 fully saturated rings. The first-order chi connectivity index (χ1) is 17.9. The van der Waals surface area contributed by atoms with Crippen LogP contribution < -0.4 is 10.5 Å². The fourth-order valence-electron chi connectivity index (χ4n) is 5.11. The summed E-state index contributed by atoms with van der Waals surface area (Å²) in [7, 11) is 0. The minimum absolute atomic E-state index is 0.0571. The average Bonchev–Trinajstić information content (AvgIpc) is 3.60. The molecule has 2 aliphatic heterocycles. The van der Waals surface area contributed by atoms with Crippen LogP contribution in [0.2, 0.25) is 5.02 Å². The van der Waals surface area contributed by atoms with Crippen LogP contribution in [-0.4, -0.2) is 52.9 Å². The number of aromatic nitrogens is 1. The van der Waals surface area contributed by atoms with Crippen LogP contribution in [0.5, 0.6) is 5.75 Å². The average molecular weight is 527 g/mol. The van der Waals surface area contributed by atoms with E-state index in [0.717, 1.165) is 56.7 Å². The number of rotatable bonds is 7. The second kappa shape index (κ2) is 11.0. The number of anilines is 1. The van der Waals surface area contributed by atoms with Crippen molar-refractivity contribution in [1.29, 1.82) is 0 Å². The molecule has 9 heteroatoms. The van der Waals surface area contributed by atoms with Crippen molar-refractivity contribution in [2.75, 3.05) is 31.9 Å². The molecule has 2 aromatic carbocycles. The lowest BCUT2D eigenvalue weighted by Gasteiger charge is -2.28. The van der Waals surface area contributed by atoms with Crippen molar-refractivity contribution >= 4 is 23.3 Å². The van der Waals surface area contributed by atoms with Gasteiger partial charge in [-0.25, -0.2) is 13.8 Å². The molecule has 0 radical (unpaired) electrons. The zero-order chi connectivity index (χ0) is 25.9. The van der Waals surface area contributed by atoms with Crippen LogP contribution in [0.4, 0.5) is 14.6 Å². The first-order valence-corrected chi connectivity index (χ1v) is 12.9. The highest BCUT2D eigenvalue weighted by atomic mass is 35.5. The van der Waals surface area contributed by atoms with E-state index in [1.54, 1.807) is 12.3 Å². The van der Waals surface area contributed by atoms with Crippen LogP contribution in [-0.2, 0) is 6.61 Å². The Kier molecular flexibility index (Phi) is 7.58. The van der Waals surface area contributed by atoms with Gasteiger partial charge in [0.15, 0.2) is 11.6 Å². The summed E-state index contributed by atoms with van der Waals surface area (Å²) in [4.78, 5) is 21.9. The minimum Gasteiger partial charge on any atom is -0.485 e. The summed E-state index contributed by atoms with van der Waals surface area (Å²) in [6.07, 6.45) is 6.16. The number of hydrogen-bond donors (Lipinski definition) is 1. The van der Waals surface area contributed by atoms with E-state index in [2.05, 4.69) is 9.88 Å². The van der Waals surface area contributed by atoms with Gasteiger partial charge in [-0.05, 0) is 74.7 Å². The summed E-state index contributed by atoms with van der Waals surface area (Å²) in [5.74, 6) is -1.01. The Labute approximate surface area is 220 Å². The molecule has 0 saturated carbocycles. The van der Waals surface area contributed by atoms with Crippen LogP contribution in [0.1, 0.15) is 41.6 Å². The standard InChI is InChI=1S/C28H29ClF2N4O2/c29-26-22(23(30)9-10-24(26)31)17-37-25-14-20(15-33-27(25)32)18-5-7-19(8-6-18)28(36)35-13-3-4-21(35)16-34-11-1-2-12-34/h5-10,14-15,21H,1-4,11-13,16-17H2,(H2,32,33)/t21-/m1/s1. The Bertz CT molecular complexity index is 1280. The van der Waals surface area contributed by atoms with E-state index in [-0.39, 0.29) is 40.7 Å². The molecule has 0 unspecified atom stereocenters. The summed E-state index contributed by atoms with van der Waals surface area (Å²) < 4.78 is 33.5. The number of benzene rings is 2. The lowest BCUT2D eigenvalue weighted by Crippen LogP contribution is -2.42. The van der Waals surface area contributed by atoms with Gasteiger partial charge >= 0.3 is 0 Å². The summed E-state index contributed by atoms with van der Waals surface area (Å²) in [5.41, 5.74) is 8.03. The molecule has 5 rings (SSSR count). The third-order valence-electron chi connectivity index (χ3n) is 7.16. The molecular weight excluding hydrogens is 498 g/mol. The molecule has 0 spiro atoms. The molecule has 3 aromatic rings. The van der Waals surface area contributed by atoms with Crippen molar-refractivity contribution in [3.63, 3.8) is 0 Å². The van der Waals surface area contributed by atoms with Gasteiger partial charge in [0.25, 0.3) is 5.91 Å². The predicted molar refractivity (Wildman–Crippen MR) is 140 cm³/mol. The molecule has 6 nitrogen and oxygen atoms in total. The highest BCUT2D eigenvalue weighted by Crippen LogP contribution is 2.30. The maximum absolute atomic E-state index is 14.1. The fourth-order valence-corrected chi connectivity index (χ4v) is 5.31. The molecular formula is C28H29ClF2N4O2. The number of nitrogens with two attached hydrogens (primary N) is 1. The van der Waals surface area contributed by atoms with Gasteiger partial charge in [0.1, 0.15) is 18.2 Å². The summed E-state index contributed by atoms with van der Waals surface area (Å²) in [5, 5.41) is -0.330. The van der Waals surface area contributed by atoms with Gasteiger partial charge in [-0.15, -0.1) is 0 Å². The van der Waals surface area contributed by atoms with Crippen molar-refractivity contribution in [2.45, 2.75) is 38.3 Å². The second-order valence-electron chi connectivity index (χ2n) is 9.60. The number of nitrogens with zero attached hydrogens (tertiary/aromatic N) is 3. The number of halogens is 3. The third-order valence-corrected chi connectivity index (χ3v) is 7.57. The maximum atomic E-state index is 14.1. The minimum atomic E-state index is -0.729. The van der Waals surface area contributed by atoms with E-state index in [1.165, 1.54) is 12.8 Å². The summed E-state index contributed by atoms with van der Waals surface area (Å²) in [6.45, 7) is 3.68. The largest absolute Gasteiger partial charge is 0.485 e. The predicted octanol–water partition coefficient (Wildman–Crippen LogP) is 5.54. The van der Waals surface area contributed by atoms with Crippen molar-refractivity contribution in [2.24, 2.45) is 0 Å². The van der Waals surface area contributed by atoms with Gasteiger partial charge in [0, 0.05) is 42.0 Å². The number of ether oxygens (including phenoxy) is 1. The van der Waals surface area contributed by atoms with E-state index >= 15 is 0 Å². The first kappa shape index (κ1) is 25.4. The molecule has 0 aliphatic carbocycles. The SMILES string of the molecule is Nc1ncc(-c2ccc(C(=O)N3CCC[C@@H]3CN3CCCC3)cc2)cc1OCc1c(F)ccc(F)c1Cl. The Hall–Kier alpha value is -3.23. The number of hydrogen-bond acceptors (Lipinski definition) is 5. The monoisotopic (exact) mass is 526 g/mol. The molecule has 1 aromatic heterocycles. The molecule has 2 aliphatic rings. The van der Waals surface area contributed by atoms with Gasteiger partial charge in [-0.3, -0.25) is 4.79 Å². The normalized spacial score (nSPS) is 17.9. The molecule has 3 heterocycles. The maximum Gasteiger partial charge on any atom is 0.254 e. The lowest BCUT2D eigenvalue weighted by atomic mass is 10.0. The van der Waals surface area contributed by atoms with Gasteiger partial charge in [-0.1, -0.05) is 23.7 Å². The highest BCUT2D eigenvalue weighted by molar-refractivity contribution is 6.31. The Balaban J connectivity index is 1.28. The summed E-state index contributed by atoms with van der Waals surface area (Å²) in [6, 6.07) is 11.3. The van der Waals surface area contributed by atoms with Crippen molar-refractivity contribution in [3.05, 3.63) is 76.4 Å². The molecule has 37 heavy (non-hydrogen) atoms. The van der Waals surface area contributed by atoms with Crippen molar-refractivity contribution in [1.82, 2.24) is 14.8 Å². The number of nitrogen functional groups attached to an aromatic ring is 1. The number of carbonyl (C=O) groups excluding carboxylic acids is 1.